The summed E-state index contributed by atoms with van der Waals surface area (Å²) in [6.45, 7) is 6.05. The monoisotopic (exact) mass is 267 g/mol. The molecule has 0 aliphatic carbocycles. The fourth-order valence-electron chi connectivity index (χ4n) is 3.67. The van der Waals surface area contributed by atoms with Gasteiger partial charge in [-0.2, -0.15) is 0 Å². The number of likely N-dealkylation sites (tertiary alicyclic amines) is 1. The second-order valence-corrected chi connectivity index (χ2v) is 6.32. The van der Waals surface area contributed by atoms with Crippen molar-refractivity contribution in [3.63, 3.8) is 0 Å². The molecule has 1 N–H and O–H groups in total. The molecule has 3 rings (SSSR count). The lowest BCUT2D eigenvalue weighted by Gasteiger charge is -2.28. The van der Waals surface area contributed by atoms with Gasteiger partial charge in [-0.15, -0.1) is 0 Å². The molecule has 0 saturated carbocycles. The summed E-state index contributed by atoms with van der Waals surface area (Å²) in [5.41, 5.74) is 3.53. The summed E-state index contributed by atoms with van der Waals surface area (Å²) in [6, 6.07) is 0.739. The van der Waals surface area contributed by atoms with E-state index in [4.69, 9.17) is 4.74 Å². The lowest BCUT2D eigenvalue weighted by atomic mass is 10.0. The number of hydrogen-bond acceptors (Lipinski definition) is 4. The molecule has 0 amide bonds. The molecule has 0 spiro atoms. The maximum absolute atomic E-state index is 5.99. The van der Waals surface area contributed by atoms with Gasteiger partial charge in [-0.1, -0.05) is 6.42 Å². The Labute approximate surface area is 117 Å². The average Bonchev–Trinajstić information content (AvgIpc) is 3.06. The number of hydrazine groups is 1. The maximum atomic E-state index is 5.99. The Morgan fingerprint density at radius 1 is 1.00 bits per heavy atom. The van der Waals surface area contributed by atoms with E-state index in [1.807, 2.05) is 0 Å². The van der Waals surface area contributed by atoms with E-state index in [-0.39, 0.29) is 6.23 Å². The second-order valence-electron chi connectivity index (χ2n) is 6.32. The molecule has 4 nitrogen and oxygen atoms in total. The number of hydrogen-bond donors (Lipinski definition) is 1. The Morgan fingerprint density at radius 2 is 1.84 bits per heavy atom. The van der Waals surface area contributed by atoms with Gasteiger partial charge in [-0.05, 0) is 58.2 Å². The van der Waals surface area contributed by atoms with Gasteiger partial charge in [-0.3, -0.25) is 0 Å². The largest absolute Gasteiger partial charge is 0.362 e. The van der Waals surface area contributed by atoms with Crippen molar-refractivity contribution in [3.8, 4) is 0 Å². The number of nitrogens with one attached hydrogen (secondary N) is 1. The minimum absolute atomic E-state index is 0.287. The first-order valence-electron chi connectivity index (χ1n) is 8.28. The zero-order chi connectivity index (χ0) is 12.9. The highest BCUT2D eigenvalue weighted by Crippen LogP contribution is 2.25. The van der Waals surface area contributed by atoms with Gasteiger partial charge in [0.15, 0.2) is 0 Å². The molecule has 0 aromatic heterocycles. The summed E-state index contributed by atoms with van der Waals surface area (Å²) < 4.78 is 5.99. The predicted octanol–water partition coefficient (Wildman–Crippen LogP) is 1.97. The van der Waals surface area contributed by atoms with Crippen molar-refractivity contribution in [1.29, 1.82) is 0 Å². The highest BCUT2D eigenvalue weighted by Gasteiger charge is 2.33. The van der Waals surface area contributed by atoms with Crippen LogP contribution in [0.25, 0.3) is 0 Å². The second kappa shape index (κ2) is 7.02. The molecule has 0 aromatic rings. The first-order valence-corrected chi connectivity index (χ1v) is 8.28. The van der Waals surface area contributed by atoms with Crippen LogP contribution in [0.1, 0.15) is 51.4 Å². The van der Waals surface area contributed by atoms with Crippen LogP contribution in [-0.4, -0.2) is 55.0 Å². The van der Waals surface area contributed by atoms with Gasteiger partial charge < -0.3 is 9.64 Å². The Bertz CT molecular complexity index is 254. The fourth-order valence-corrected chi connectivity index (χ4v) is 3.67. The highest BCUT2D eigenvalue weighted by atomic mass is 16.5. The Balaban J connectivity index is 1.24. The molecule has 2 atom stereocenters. The van der Waals surface area contributed by atoms with Crippen molar-refractivity contribution in [1.82, 2.24) is 15.3 Å². The zero-order valence-electron chi connectivity index (χ0n) is 12.1. The third kappa shape index (κ3) is 3.91. The molecule has 110 valence electrons. The van der Waals surface area contributed by atoms with Gasteiger partial charge in [0.05, 0.1) is 0 Å². The predicted molar refractivity (Wildman–Crippen MR) is 76.7 cm³/mol. The molecular formula is C15H29N3O. The lowest BCUT2D eigenvalue weighted by Crippen LogP contribution is -2.42. The standard InChI is InChI=1S/C15H29N3O/c1-2-11-18-14(7-1)13-15(16-18)19-12-6-5-10-17-8-3-4-9-17/h14-16H,1-13H2. The summed E-state index contributed by atoms with van der Waals surface area (Å²) in [4.78, 5) is 2.59. The molecule has 3 fully saturated rings. The number of piperidine rings is 1. The maximum Gasteiger partial charge on any atom is 0.122 e. The quantitative estimate of drug-likeness (QED) is 0.745. The Kier molecular flexibility index (Phi) is 5.10. The number of fused-ring (bicyclic) bond motifs is 1. The minimum Gasteiger partial charge on any atom is -0.362 e. The summed E-state index contributed by atoms with van der Waals surface area (Å²) >= 11 is 0. The zero-order valence-corrected chi connectivity index (χ0v) is 12.1. The van der Waals surface area contributed by atoms with E-state index in [1.54, 1.807) is 0 Å². The Hall–Kier alpha value is -0.160. The highest BCUT2D eigenvalue weighted by molar-refractivity contribution is 4.83. The molecule has 0 bridgehead atoms. The SMILES string of the molecule is C(CCN1CCCC1)COC1CC2CCCCN2N1. The Morgan fingerprint density at radius 3 is 2.68 bits per heavy atom. The van der Waals surface area contributed by atoms with Crippen LogP contribution in [-0.2, 0) is 4.74 Å². The van der Waals surface area contributed by atoms with Crippen LogP contribution >= 0.6 is 0 Å². The van der Waals surface area contributed by atoms with Gasteiger partial charge in [-0.25, -0.2) is 10.4 Å². The van der Waals surface area contributed by atoms with Gasteiger partial charge in [0.25, 0.3) is 0 Å². The molecule has 3 heterocycles. The van der Waals surface area contributed by atoms with Crippen LogP contribution in [0.15, 0.2) is 0 Å². The van der Waals surface area contributed by atoms with Crippen molar-refractivity contribution in [2.24, 2.45) is 0 Å². The van der Waals surface area contributed by atoms with Crippen LogP contribution in [0.3, 0.4) is 0 Å². The van der Waals surface area contributed by atoms with Crippen LogP contribution in [0.2, 0.25) is 0 Å². The van der Waals surface area contributed by atoms with E-state index >= 15 is 0 Å². The molecule has 3 aliphatic heterocycles. The van der Waals surface area contributed by atoms with E-state index in [2.05, 4.69) is 15.3 Å². The van der Waals surface area contributed by atoms with Gasteiger partial charge in [0.1, 0.15) is 6.23 Å². The number of ether oxygens (including phenoxy) is 1. The normalized spacial score (nSPS) is 32.8. The molecule has 4 heteroatoms. The summed E-state index contributed by atoms with van der Waals surface area (Å²) in [5, 5.41) is 2.42. The van der Waals surface area contributed by atoms with Crippen LogP contribution in [0.4, 0.5) is 0 Å². The van der Waals surface area contributed by atoms with Crippen molar-refractivity contribution in [3.05, 3.63) is 0 Å². The summed E-state index contributed by atoms with van der Waals surface area (Å²) in [5.74, 6) is 0. The van der Waals surface area contributed by atoms with Crippen molar-refractivity contribution < 1.29 is 4.74 Å². The number of unbranched alkanes of at least 4 members (excludes halogenated alkanes) is 1. The van der Waals surface area contributed by atoms with Gasteiger partial charge in [0.2, 0.25) is 0 Å². The van der Waals surface area contributed by atoms with Gasteiger partial charge in [0, 0.05) is 25.6 Å². The minimum atomic E-state index is 0.287. The fraction of sp³-hybridized carbons (Fsp3) is 1.00. The van der Waals surface area contributed by atoms with Crippen LogP contribution in [0.5, 0.6) is 0 Å². The third-order valence-electron chi connectivity index (χ3n) is 4.81. The van der Waals surface area contributed by atoms with Gasteiger partial charge >= 0.3 is 0 Å². The van der Waals surface area contributed by atoms with Crippen molar-refractivity contribution in [2.45, 2.75) is 63.6 Å². The molecule has 3 aliphatic rings. The number of nitrogens with zero attached hydrogens (tertiary/aromatic N) is 2. The molecule has 0 radical (unpaired) electrons. The topological polar surface area (TPSA) is 27.7 Å². The van der Waals surface area contributed by atoms with Crippen LogP contribution in [0, 0.1) is 0 Å². The average molecular weight is 267 g/mol. The first-order chi connectivity index (χ1) is 9.42. The molecule has 2 unspecified atom stereocenters. The van der Waals surface area contributed by atoms with E-state index in [9.17, 15) is 0 Å². The summed E-state index contributed by atoms with van der Waals surface area (Å²) in [6.07, 6.45) is 10.9. The molecule has 0 aromatic carbocycles. The van der Waals surface area contributed by atoms with E-state index < -0.39 is 0 Å². The number of rotatable bonds is 6. The van der Waals surface area contributed by atoms with E-state index in [1.165, 1.54) is 77.5 Å². The summed E-state index contributed by atoms with van der Waals surface area (Å²) in [7, 11) is 0. The van der Waals surface area contributed by atoms with E-state index in [0.717, 1.165) is 12.6 Å². The lowest BCUT2D eigenvalue weighted by molar-refractivity contribution is 0.0126. The molecule has 3 saturated heterocycles. The van der Waals surface area contributed by atoms with Crippen molar-refractivity contribution >= 4 is 0 Å². The third-order valence-corrected chi connectivity index (χ3v) is 4.81. The first kappa shape index (κ1) is 13.8. The van der Waals surface area contributed by atoms with Crippen molar-refractivity contribution in [2.75, 3.05) is 32.8 Å². The van der Waals surface area contributed by atoms with E-state index in [0.29, 0.717) is 0 Å². The molecular weight excluding hydrogens is 238 g/mol. The van der Waals surface area contributed by atoms with Crippen LogP contribution < -0.4 is 5.43 Å². The smallest absolute Gasteiger partial charge is 0.122 e. The molecule has 19 heavy (non-hydrogen) atoms.